The molecule has 0 radical (unpaired) electrons. The highest BCUT2D eigenvalue weighted by Gasteiger charge is 2.50. The van der Waals surface area contributed by atoms with E-state index in [0.717, 1.165) is 37.0 Å². The summed E-state index contributed by atoms with van der Waals surface area (Å²) in [7, 11) is 0. The van der Waals surface area contributed by atoms with Crippen molar-refractivity contribution in [2.24, 2.45) is 17.8 Å². The number of nitrogens with one attached hydrogen (secondary N) is 2. The van der Waals surface area contributed by atoms with E-state index in [4.69, 9.17) is 0 Å². The third kappa shape index (κ3) is 3.39. The molecular weight excluding hydrogens is 344 g/mol. The van der Waals surface area contributed by atoms with Crippen LogP contribution >= 0.6 is 0 Å². The number of carbonyl (C=O) groups excluding carboxylic acids is 1. The van der Waals surface area contributed by atoms with E-state index in [1.165, 1.54) is 43.7 Å². The van der Waals surface area contributed by atoms with Crippen LogP contribution in [-0.4, -0.2) is 16.4 Å². The number of nitro groups is 1. The lowest BCUT2D eigenvalue weighted by Crippen LogP contribution is -2.57. The molecule has 5 rings (SSSR count). The van der Waals surface area contributed by atoms with Crippen molar-refractivity contribution in [1.29, 1.82) is 5.26 Å². The molecule has 0 atom stereocenters. The highest BCUT2D eigenvalue weighted by atomic mass is 16.6. The normalized spacial score (nSPS) is 31.2. The summed E-state index contributed by atoms with van der Waals surface area (Å²) in [4.78, 5) is 23.0. The first-order chi connectivity index (χ1) is 13.0. The summed E-state index contributed by atoms with van der Waals surface area (Å²) in [5, 5.41) is 26.4. The lowest BCUT2D eigenvalue weighted by atomic mass is 9.53. The lowest BCUT2D eigenvalue weighted by Gasteiger charge is -2.56. The van der Waals surface area contributed by atoms with Gasteiger partial charge in [0.2, 0.25) is 0 Å². The summed E-state index contributed by atoms with van der Waals surface area (Å²) < 4.78 is 0. The summed E-state index contributed by atoms with van der Waals surface area (Å²) in [5.41, 5.74) is -0.180. The predicted octanol–water partition coefficient (Wildman–Crippen LogP) is 3.50. The Bertz CT molecular complexity index is 820. The second-order valence-corrected chi connectivity index (χ2v) is 8.24. The standard InChI is InChI=1S/C20H22N4O3/c21-11-16(19(25)23-17-3-1-2-4-18(17)24(26)27)12-22-20-8-13-5-14(9-20)7-15(6-13)10-20/h1-4,12-15,22H,5-10H2,(H,23,25)/b16-12-. The number of para-hydroxylation sites is 2. The maximum atomic E-state index is 12.5. The summed E-state index contributed by atoms with van der Waals surface area (Å²) in [6.45, 7) is 0. The minimum atomic E-state index is -0.635. The third-order valence-corrected chi connectivity index (χ3v) is 6.27. The van der Waals surface area contributed by atoms with E-state index in [0.29, 0.717) is 0 Å². The van der Waals surface area contributed by atoms with Crippen LogP contribution < -0.4 is 10.6 Å². The molecule has 0 heterocycles. The molecule has 0 aliphatic heterocycles. The molecule has 1 aromatic carbocycles. The fourth-order valence-corrected chi connectivity index (χ4v) is 5.59. The van der Waals surface area contributed by atoms with Crippen LogP contribution in [0.25, 0.3) is 0 Å². The van der Waals surface area contributed by atoms with E-state index in [1.807, 2.05) is 6.07 Å². The number of nitro benzene ring substituents is 1. The van der Waals surface area contributed by atoms with Gasteiger partial charge in [0.15, 0.2) is 0 Å². The van der Waals surface area contributed by atoms with Crippen LogP contribution in [0.15, 0.2) is 36.0 Å². The van der Waals surface area contributed by atoms with Gasteiger partial charge < -0.3 is 10.6 Å². The van der Waals surface area contributed by atoms with Crippen molar-refractivity contribution < 1.29 is 9.72 Å². The van der Waals surface area contributed by atoms with Gasteiger partial charge in [0.25, 0.3) is 11.6 Å². The van der Waals surface area contributed by atoms with Crippen molar-refractivity contribution in [3.05, 3.63) is 46.2 Å². The lowest BCUT2D eigenvalue weighted by molar-refractivity contribution is -0.383. The molecule has 7 heteroatoms. The number of hydrogen-bond acceptors (Lipinski definition) is 5. The minimum Gasteiger partial charge on any atom is -0.384 e. The van der Waals surface area contributed by atoms with Crippen molar-refractivity contribution in [3.8, 4) is 6.07 Å². The second kappa shape index (κ2) is 6.69. The van der Waals surface area contributed by atoms with Crippen molar-refractivity contribution in [3.63, 3.8) is 0 Å². The van der Waals surface area contributed by atoms with Gasteiger partial charge in [-0.05, 0) is 62.3 Å². The van der Waals surface area contributed by atoms with Gasteiger partial charge in [-0.25, -0.2) is 0 Å². The first kappa shape index (κ1) is 17.5. The van der Waals surface area contributed by atoms with Crippen LogP contribution in [0.5, 0.6) is 0 Å². The van der Waals surface area contributed by atoms with E-state index in [1.54, 1.807) is 6.07 Å². The number of amides is 1. The Hall–Kier alpha value is -2.88. The fourth-order valence-electron chi connectivity index (χ4n) is 5.59. The summed E-state index contributed by atoms with van der Waals surface area (Å²) in [6.07, 6.45) is 8.74. The molecule has 7 nitrogen and oxygen atoms in total. The number of nitrogens with zero attached hydrogens (tertiary/aromatic N) is 2. The molecule has 1 amide bonds. The highest BCUT2D eigenvalue weighted by molar-refractivity contribution is 6.07. The zero-order valence-electron chi connectivity index (χ0n) is 15.0. The maximum Gasteiger partial charge on any atom is 0.292 e. The van der Waals surface area contributed by atoms with Crippen molar-refractivity contribution >= 4 is 17.3 Å². The summed E-state index contributed by atoms with van der Waals surface area (Å²) in [6, 6.07) is 7.83. The Morgan fingerprint density at radius 3 is 2.33 bits per heavy atom. The molecule has 0 unspecified atom stereocenters. The van der Waals surface area contributed by atoms with Gasteiger partial charge in [-0.15, -0.1) is 0 Å². The van der Waals surface area contributed by atoms with Crippen LogP contribution in [0.3, 0.4) is 0 Å². The molecule has 4 saturated carbocycles. The quantitative estimate of drug-likeness (QED) is 0.359. The number of rotatable bonds is 5. The Kier molecular flexibility index (Phi) is 4.34. The van der Waals surface area contributed by atoms with Crippen molar-refractivity contribution in [1.82, 2.24) is 5.32 Å². The Morgan fingerprint density at radius 1 is 1.19 bits per heavy atom. The first-order valence-corrected chi connectivity index (χ1v) is 9.41. The molecule has 0 saturated heterocycles. The van der Waals surface area contributed by atoms with Gasteiger partial charge in [0.1, 0.15) is 17.3 Å². The average Bonchev–Trinajstić information content (AvgIpc) is 2.61. The molecule has 27 heavy (non-hydrogen) atoms. The maximum absolute atomic E-state index is 12.5. The van der Waals surface area contributed by atoms with Gasteiger partial charge in [0.05, 0.1) is 4.92 Å². The minimum absolute atomic E-state index is 0.00409. The van der Waals surface area contributed by atoms with E-state index in [9.17, 15) is 20.2 Å². The van der Waals surface area contributed by atoms with Crippen LogP contribution in [0, 0.1) is 39.2 Å². The third-order valence-electron chi connectivity index (χ3n) is 6.27. The van der Waals surface area contributed by atoms with Crippen LogP contribution in [0.4, 0.5) is 11.4 Å². The fraction of sp³-hybridized carbons (Fsp3) is 0.500. The zero-order chi connectivity index (χ0) is 19.0. The molecule has 4 fully saturated rings. The number of anilines is 1. The SMILES string of the molecule is N#C/C(=C/NC12CC3CC(CC(C3)C1)C2)C(=O)Nc1ccccc1[N+](=O)[O-]. The second-order valence-electron chi connectivity index (χ2n) is 8.24. The molecule has 1 aromatic rings. The van der Waals surface area contributed by atoms with Gasteiger partial charge >= 0.3 is 0 Å². The molecule has 4 aliphatic rings. The summed E-state index contributed by atoms with van der Waals surface area (Å²) >= 11 is 0. The van der Waals surface area contributed by atoms with E-state index in [-0.39, 0.29) is 22.5 Å². The van der Waals surface area contributed by atoms with Crippen LogP contribution in [0.1, 0.15) is 38.5 Å². The summed E-state index contributed by atoms with van der Waals surface area (Å²) in [5.74, 6) is 1.62. The van der Waals surface area contributed by atoms with Crippen molar-refractivity contribution in [2.75, 3.05) is 5.32 Å². The number of carbonyl (C=O) groups is 1. The Morgan fingerprint density at radius 2 is 1.78 bits per heavy atom. The smallest absolute Gasteiger partial charge is 0.292 e. The molecule has 4 bridgehead atoms. The number of nitriles is 1. The monoisotopic (exact) mass is 366 g/mol. The number of hydrogen-bond donors (Lipinski definition) is 2. The first-order valence-electron chi connectivity index (χ1n) is 9.41. The van der Waals surface area contributed by atoms with Gasteiger partial charge in [-0.2, -0.15) is 5.26 Å². The molecule has 0 aromatic heterocycles. The largest absolute Gasteiger partial charge is 0.384 e. The highest BCUT2D eigenvalue weighted by Crippen LogP contribution is 2.55. The van der Waals surface area contributed by atoms with E-state index < -0.39 is 10.8 Å². The van der Waals surface area contributed by atoms with Crippen molar-refractivity contribution in [2.45, 2.75) is 44.1 Å². The predicted molar refractivity (Wildman–Crippen MR) is 99.5 cm³/mol. The Labute approximate surface area is 157 Å². The van der Waals surface area contributed by atoms with Gasteiger partial charge in [0, 0.05) is 17.8 Å². The molecule has 2 N–H and O–H groups in total. The molecule has 0 spiro atoms. The van der Waals surface area contributed by atoms with Gasteiger partial charge in [-0.1, -0.05) is 12.1 Å². The van der Waals surface area contributed by atoms with E-state index >= 15 is 0 Å². The molecule has 4 aliphatic carbocycles. The molecular formula is C20H22N4O3. The number of benzene rings is 1. The van der Waals surface area contributed by atoms with Crippen LogP contribution in [-0.2, 0) is 4.79 Å². The van der Waals surface area contributed by atoms with E-state index in [2.05, 4.69) is 10.6 Å². The Balaban J connectivity index is 1.48. The van der Waals surface area contributed by atoms with Crippen LogP contribution in [0.2, 0.25) is 0 Å². The average molecular weight is 366 g/mol. The molecule has 140 valence electrons. The topological polar surface area (TPSA) is 108 Å². The van der Waals surface area contributed by atoms with Gasteiger partial charge in [-0.3, -0.25) is 14.9 Å². The zero-order valence-corrected chi connectivity index (χ0v) is 15.0.